The highest BCUT2D eigenvalue weighted by Crippen LogP contribution is 2.37. The zero-order chi connectivity index (χ0) is 11.7. The van der Waals surface area contributed by atoms with E-state index in [-0.39, 0.29) is 5.97 Å². The molecule has 0 spiro atoms. The Labute approximate surface area is 105 Å². The number of fused-ring (bicyclic) bond motifs is 1. The predicted molar refractivity (Wildman–Crippen MR) is 67.4 cm³/mol. The number of benzene rings is 1. The van der Waals surface area contributed by atoms with Crippen LogP contribution < -0.4 is 4.74 Å². The SMILES string of the molecule is COC(=O)c1sc2ccc(OC)cc2c1Br. The van der Waals surface area contributed by atoms with Crippen molar-refractivity contribution < 1.29 is 14.3 Å². The number of rotatable bonds is 2. The van der Waals surface area contributed by atoms with E-state index in [1.54, 1.807) is 7.11 Å². The monoisotopic (exact) mass is 300 g/mol. The highest BCUT2D eigenvalue weighted by molar-refractivity contribution is 9.10. The summed E-state index contributed by atoms with van der Waals surface area (Å²) in [4.78, 5) is 12.1. The van der Waals surface area contributed by atoms with Crippen LogP contribution in [0.15, 0.2) is 22.7 Å². The molecular formula is C11H9BrO3S. The summed E-state index contributed by atoms with van der Waals surface area (Å²) in [7, 11) is 2.99. The van der Waals surface area contributed by atoms with Gasteiger partial charge in [-0.15, -0.1) is 11.3 Å². The average molecular weight is 301 g/mol. The van der Waals surface area contributed by atoms with Crippen LogP contribution in [-0.4, -0.2) is 20.2 Å². The van der Waals surface area contributed by atoms with Crippen LogP contribution in [0.25, 0.3) is 10.1 Å². The van der Waals surface area contributed by atoms with Crippen molar-refractivity contribution in [2.45, 2.75) is 0 Å². The van der Waals surface area contributed by atoms with Gasteiger partial charge in [-0.05, 0) is 34.1 Å². The van der Waals surface area contributed by atoms with E-state index in [1.165, 1.54) is 18.4 Å². The van der Waals surface area contributed by atoms with E-state index in [1.807, 2.05) is 18.2 Å². The molecular weight excluding hydrogens is 292 g/mol. The number of hydrogen-bond acceptors (Lipinski definition) is 4. The van der Waals surface area contributed by atoms with E-state index in [0.717, 1.165) is 20.3 Å². The summed E-state index contributed by atoms with van der Waals surface area (Å²) in [6, 6.07) is 5.69. The molecule has 0 saturated heterocycles. The lowest BCUT2D eigenvalue weighted by atomic mass is 10.2. The molecule has 0 aliphatic carbocycles. The predicted octanol–water partition coefficient (Wildman–Crippen LogP) is 3.46. The van der Waals surface area contributed by atoms with Gasteiger partial charge in [0.05, 0.1) is 18.7 Å². The Kier molecular flexibility index (Phi) is 3.16. The van der Waals surface area contributed by atoms with Crippen LogP contribution in [0.1, 0.15) is 9.67 Å². The summed E-state index contributed by atoms with van der Waals surface area (Å²) in [5.41, 5.74) is 0. The second kappa shape index (κ2) is 4.43. The van der Waals surface area contributed by atoms with Crippen molar-refractivity contribution in [2.75, 3.05) is 14.2 Å². The van der Waals surface area contributed by atoms with Crippen LogP contribution in [0.5, 0.6) is 5.75 Å². The van der Waals surface area contributed by atoms with Crippen LogP contribution in [-0.2, 0) is 4.74 Å². The van der Waals surface area contributed by atoms with E-state index in [2.05, 4.69) is 15.9 Å². The summed E-state index contributed by atoms with van der Waals surface area (Å²) >= 11 is 4.81. The smallest absolute Gasteiger partial charge is 0.349 e. The number of carbonyl (C=O) groups excluding carboxylic acids is 1. The minimum absolute atomic E-state index is 0.327. The lowest BCUT2D eigenvalue weighted by molar-refractivity contribution is 0.0605. The number of carbonyl (C=O) groups is 1. The highest BCUT2D eigenvalue weighted by Gasteiger charge is 2.17. The summed E-state index contributed by atoms with van der Waals surface area (Å²) in [6.07, 6.45) is 0. The Morgan fingerprint density at radius 3 is 2.75 bits per heavy atom. The number of esters is 1. The molecule has 1 aromatic heterocycles. The van der Waals surface area contributed by atoms with E-state index in [9.17, 15) is 4.79 Å². The van der Waals surface area contributed by atoms with Crippen molar-refractivity contribution in [3.05, 3.63) is 27.5 Å². The molecule has 1 aromatic carbocycles. The Bertz CT molecular complexity index is 547. The third-order valence-electron chi connectivity index (χ3n) is 2.21. The zero-order valence-corrected chi connectivity index (χ0v) is 11.1. The van der Waals surface area contributed by atoms with Crippen molar-refractivity contribution in [1.29, 1.82) is 0 Å². The van der Waals surface area contributed by atoms with Gasteiger partial charge in [-0.1, -0.05) is 0 Å². The minimum Gasteiger partial charge on any atom is -0.497 e. The summed E-state index contributed by atoms with van der Waals surface area (Å²) < 4.78 is 11.6. The Morgan fingerprint density at radius 1 is 1.38 bits per heavy atom. The first-order chi connectivity index (χ1) is 7.67. The van der Waals surface area contributed by atoms with E-state index in [4.69, 9.17) is 9.47 Å². The molecule has 0 amide bonds. The van der Waals surface area contributed by atoms with Gasteiger partial charge >= 0.3 is 5.97 Å². The van der Waals surface area contributed by atoms with Crippen LogP contribution in [0.4, 0.5) is 0 Å². The normalized spacial score (nSPS) is 10.4. The molecule has 16 heavy (non-hydrogen) atoms. The van der Waals surface area contributed by atoms with Gasteiger partial charge in [-0.3, -0.25) is 0 Å². The molecule has 84 valence electrons. The average Bonchev–Trinajstić information content (AvgIpc) is 2.65. The van der Waals surface area contributed by atoms with Crippen molar-refractivity contribution in [3.8, 4) is 5.75 Å². The molecule has 0 saturated carbocycles. The molecule has 3 nitrogen and oxygen atoms in total. The number of thiophene rings is 1. The fourth-order valence-corrected chi connectivity index (χ4v) is 3.25. The van der Waals surface area contributed by atoms with Crippen LogP contribution >= 0.6 is 27.3 Å². The second-order valence-corrected chi connectivity index (χ2v) is 4.94. The first-order valence-electron chi connectivity index (χ1n) is 4.51. The number of halogens is 1. The molecule has 0 bridgehead atoms. The standard InChI is InChI=1S/C11H9BrO3S/c1-14-6-3-4-8-7(5-6)9(12)10(16-8)11(13)15-2/h3-5H,1-2H3. The molecule has 0 N–H and O–H groups in total. The Balaban J connectivity index is 2.64. The first-order valence-corrected chi connectivity index (χ1v) is 6.12. The number of hydrogen-bond donors (Lipinski definition) is 0. The molecule has 5 heteroatoms. The number of ether oxygens (including phenoxy) is 2. The van der Waals surface area contributed by atoms with Gasteiger partial charge in [-0.2, -0.15) is 0 Å². The maximum absolute atomic E-state index is 11.5. The van der Waals surface area contributed by atoms with Crippen LogP contribution in [0, 0.1) is 0 Å². The van der Waals surface area contributed by atoms with Crippen LogP contribution in [0.3, 0.4) is 0 Å². The molecule has 2 rings (SSSR count). The topological polar surface area (TPSA) is 35.5 Å². The molecule has 0 aliphatic rings. The quantitative estimate of drug-likeness (QED) is 0.797. The van der Waals surface area contributed by atoms with E-state index >= 15 is 0 Å². The fraction of sp³-hybridized carbons (Fsp3) is 0.182. The third-order valence-corrected chi connectivity index (χ3v) is 4.44. The Morgan fingerprint density at radius 2 is 2.12 bits per heavy atom. The second-order valence-electron chi connectivity index (χ2n) is 3.10. The lowest BCUT2D eigenvalue weighted by Gasteiger charge is -1.98. The molecule has 0 unspecified atom stereocenters. The first kappa shape index (κ1) is 11.4. The molecule has 0 radical (unpaired) electrons. The maximum Gasteiger partial charge on any atom is 0.349 e. The Hall–Kier alpha value is -1.07. The third kappa shape index (κ3) is 1.81. The van der Waals surface area contributed by atoms with Gasteiger partial charge in [0.15, 0.2) is 0 Å². The van der Waals surface area contributed by atoms with E-state index in [0.29, 0.717) is 4.88 Å². The van der Waals surface area contributed by atoms with Crippen molar-refractivity contribution in [1.82, 2.24) is 0 Å². The molecule has 1 heterocycles. The largest absolute Gasteiger partial charge is 0.497 e. The van der Waals surface area contributed by atoms with Crippen molar-refractivity contribution in [3.63, 3.8) is 0 Å². The van der Waals surface area contributed by atoms with E-state index < -0.39 is 0 Å². The van der Waals surface area contributed by atoms with Crippen molar-refractivity contribution >= 4 is 43.3 Å². The highest BCUT2D eigenvalue weighted by atomic mass is 79.9. The fourth-order valence-electron chi connectivity index (χ4n) is 1.40. The van der Waals surface area contributed by atoms with Gasteiger partial charge in [0, 0.05) is 10.1 Å². The number of methoxy groups -OCH3 is 2. The maximum atomic E-state index is 11.5. The molecule has 0 fully saturated rings. The zero-order valence-electron chi connectivity index (χ0n) is 8.74. The summed E-state index contributed by atoms with van der Waals surface area (Å²) in [6.45, 7) is 0. The lowest BCUT2D eigenvalue weighted by Crippen LogP contribution is -1.98. The van der Waals surface area contributed by atoms with Crippen molar-refractivity contribution in [2.24, 2.45) is 0 Å². The van der Waals surface area contributed by atoms with Gasteiger partial charge < -0.3 is 9.47 Å². The minimum atomic E-state index is -0.327. The van der Waals surface area contributed by atoms with Gasteiger partial charge in [0.1, 0.15) is 10.6 Å². The van der Waals surface area contributed by atoms with Gasteiger partial charge in [0.2, 0.25) is 0 Å². The molecule has 2 aromatic rings. The van der Waals surface area contributed by atoms with Crippen LogP contribution in [0.2, 0.25) is 0 Å². The summed E-state index contributed by atoms with van der Waals surface area (Å²) in [5, 5.41) is 0.963. The van der Waals surface area contributed by atoms with Gasteiger partial charge in [0.25, 0.3) is 0 Å². The van der Waals surface area contributed by atoms with Gasteiger partial charge in [-0.25, -0.2) is 4.79 Å². The molecule has 0 atom stereocenters. The molecule has 0 aliphatic heterocycles. The summed E-state index contributed by atoms with van der Waals surface area (Å²) in [5.74, 6) is 0.439.